The molecular weight excluding hydrogens is 964 g/mol. The SMILES string of the molecule is CC1C(c2cc3c(Cl)ccnc3s2)=CCN1CCOC1CCCCO1.CC1C(c2cc3c(Nc4ccc5scnc5c4)ccnc3s2)=CCN1CCOC1CCCCO1.Nc1ccc2scnc2c1. The van der Waals surface area contributed by atoms with Crippen LogP contribution in [-0.4, -0.2) is 107 Å². The number of halogens is 1. The van der Waals surface area contributed by atoms with E-state index in [-0.39, 0.29) is 12.6 Å². The van der Waals surface area contributed by atoms with Crippen molar-refractivity contribution < 1.29 is 18.9 Å². The molecule has 0 radical (unpaired) electrons. The molecule has 3 N–H and O–H groups in total. The smallest absolute Gasteiger partial charge is 0.157 e. The van der Waals surface area contributed by atoms with Crippen LogP contribution in [0, 0.1) is 0 Å². The van der Waals surface area contributed by atoms with Crippen LogP contribution in [0.2, 0.25) is 5.02 Å². The van der Waals surface area contributed by atoms with Gasteiger partial charge in [-0.1, -0.05) is 23.8 Å². The van der Waals surface area contributed by atoms with Gasteiger partial charge >= 0.3 is 0 Å². The van der Waals surface area contributed by atoms with E-state index in [0.717, 1.165) is 125 Å². The number of aromatic nitrogens is 4. The van der Waals surface area contributed by atoms with Crippen LogP contribution in [0.15, 0.2) is 96.2 Å². The molecule has 17 heteroatoms. The zero-order chi connectivity index (χ0) is 47.1. The largest absolute Gasteiger partial charge is 0.399 e. The van der Waals surface area contributed by atoms with Crippen LogP contribution in [0.5, 0.6) is 0 Å². The molecule has 2 aromatic carbocycles. The van der Waals surface area contributed by atoms with E-state index in [1.54, 1.807) is 51.5 Å². The van der Waals surface area contributed by atoms with Gasteiger partial charge in [0.25, 0.3) is 0 Å². The number of anilines is 3. The molecule has 69 heavy (non-hydrogen) atoms. The molecule has 0 bridgehead atoms. The minimum atomic E-state index is -0.0186. The van der Waals surface area contributed by atoms with Gasteiger partial charge in [-0.3, -0.25) is 9.80 Å². The highest BCUT2D eigenvalue weighted by Crippen LogP contribution is 2.40. The van der Waals surface area contributed by atoms with Crippen molar-refractivity contribution in [2.45, 2.75) is 77.0 Å². The van der Waals surface area contributed by atoms with Crippen LogP contribution < -0.4 is 11.1 Å². The van der Waals surface area contributed by atoms with Crippen molar-refractivity contribution >= 4 is 126 Å². The van der Waals surface area contributed by atoms with Gasteiger partial charge in [-0.2, -0.15) is 0 Å². The second kappa shape index (κ2) is 22.8. The van der Waals surface area contributed by atoms with E-state index in [1.807, 2.05) is 47.5 Å². The third-order valence-corrected chi connectivity index (χ3v) is 17.2. The summed E-state index contributed by atoms with van der Waals surface area (Å²) in [6.07, 6.45) is 15.1. The van der Waals surface area contributed by atoms with E-state index in [9.17, 15) is 0 Å². The van der Waals surface area contributed by atoms with Gasteiger partial charge in [0.2, 0.25) is 0 Å². The average Bonchev–Trinajstić information content (AvgIpc) is 4.25. The summed E-state index contributed by atoms with van der Waals surface area (Å²) >= 11 is 13.1. The Morgan fingerprint density at radius 3 is 1.84 bits per heavy atom. The normalized spacial score (nSPS) is 21.0. The van der Waals surface area contributed by atoms with Crippen molar-refractivity contribution in [2.75, 3.05) is 63.7 Å². The molecule has 4 unspecified atom stereocenters. The molecule has 360 valence electrons. The maximum absolute atomic E-state index is 6.29. The van der Waals surface area contributed by atoms with Crippen LogP contribution >= 0.6 is 56.9 Å². The number of thiazole rings is 2. The van der Waals surface area contributed by atoms with Crippen LogP contribution in [0.4, 0.5) is 17.1 Å². The van der Waals surface area contributed by atoms with E-state index in [2.05, 4.69) is 91.4 Å². The number of pyridine rings is 2. The second-order valence-corrected chi connectivity index (χ2v) is 21.8. The van der Waals surface area contributed by atoms with Gasteiger partial charge in [-0.15, -0.1) is 45.3 Å². The van der Waals surface area contributed by atoms with Gasteiger partial charge in [0, 0.05) is 95.8 Å². The number of thiophene rings is 2. The molecule has 2 saturated heterocycles. The molecule has 4 aliphatic heterocycles. The molecule has 10 heterocycles. The number of nitrogens with one attached hydrogen (secondary N) is 1. The van der Waals surface area contributed by atoms with E-state index >= 15 is 0 Å². The molecule has 0 amide bonds. The number of hydrogen-bond donors (Lipinski definition) is 2. The number of rotatable bonds is 12. The Balaban J connectivity index is 0.000000137. The van der Waals surface area contributed by atoms with Gasteiger partial charge in [0.15, 0.2) is 12.6 Å². The first-order valence-electron chi connectivity index (χ1n) is 23.8. The predicted molar refractivity (Wildman–Crippen MR) is 288 cm³/mol. The van der Waals surface area contributed by atoms with E-state index < -0.39 is 0 Å². The molecule has 4 aliphatic rings. The first kappa shape index (κ1) is 48.2. The highest BCUT2D eigenvalue weighted by Gasteiger charge is 2.28. The molecule has 0 aliphatic carbocycles. The van der Waals surface area contributed by atoms with Crippen LogP contribution in [0.3, 0.4) is 0 Å². The molecule has 0 spiro atoms. The van der Waals surface area contributed by atoms with Crippen LogP contribution in [0.25, 0.3) is 52.0 Å². The lowest BCUT2D eigenvalue weighted by atomic mass is 10.1. The van der Waals surface area contributed by atoms with Crippen molar-refractivity contribution in [2.24, 2.45) is 0 Å². The number of ether oxygens (including phenoxy) is 4. The lowest BCUT2D eigenvalue weighted by Gasteiger charge is -2.26. The Morgan fingerprint density at radius 1 is 0.681 bits per heavy atom. The Morgan fingerprint density at radius 2 is 1.25 bits per heavy atom. The first-order chi connectivity index (χ1) is 33.8. The maximum atomic E-state index is 6.29. The minimum Gasteiger partial charge on any atom is -0.399 e. The lowest BCUT2D eigenvalue weighted by molar-refractivity contribution is -0.164. The second-order valence-electron chi connectivity index (χ2n) is 17.5. The number of benzene rings is 2. The van der Waals surface area contributed by atoms with Gasteiger partial charge in [0.1, 0.15) is 9.66 Å². The lowest BCUT2D eigenvalue weighted by Crippen LogP contribution is -2.34. The summed E-state index contributed by atoms with van der Waals surface area (Å²) in [4.78, 5) is 27.2. The number of nitrogen functional groups attached to an aromatic ring is 1. The fraction of sp³-hybridized carbons (Fsp3) is 0.385. The highest BCUT2D eigenvalue weighted by molar-refractivity contribution is 7.20. The number of nitrogens with two attached hydrogens (primary N) is 1. The number of fused-ring (bicyclic) bond motifs is 4. The third kappa shape index (κ3) is 11.7. The third-order valence-electron chi connectivity index (χ3n) is 13.1. The Hall–Kier alpha value is -4.43. The standard InChI is InChI=1S/C26H28N4O2S2.C19H23ClN2O2S.C7H6N2S/c1-17-19(8-10-30(17)11-13-32-25-4-2-3-12-31-25)24-15-20-21(7-9-27-26(20)34-24)29-18-5-6-23-22(14-18)28-16-33-23;1-13-14(17-12-15-16(20)5-7-21-19(15)25-17)6-8-22(13)9-11-24-18-4-2-3-10-23-18;8-5-1-2-7-6(3-5)9-4-10-7/h5-9,14-17,25H,2-4,10-13H2,1H3,(H,27,29);5-7,12-13,18H,2-4,8-11H2,1H3;1-4H,8H2. The maximum Gasteiger partial charge on any atom is 0.157 e. The zero-order valence-electron chi connectivity index (χ0n) is 38.9. The Bertz CT molecular complexity index is 3050. The number of hydrogen-bond acceptors (Lipinski definition) is 16. The molecule has 12 nitrogen and oxygen atoms in total. The summed E-state index contributed by atoms with van der Waals surface area (Å²) in [6.45, 7) is 11.4. The van der Waals surface area contributed by atoms with Gasteiger partial charge < -0.3 is 30.0 Å². The fourth-order valence-corrected chi connectivity index (χ4v) is 13.0. The molecule has 0 saturated carbocycles. The predicted octanol–water partition coefficient (Wildman–Crippen LogP) is 12.7. The summed E-state index contributed by atoms with van der Waals surface area (Å²) in [5, 5.41) is 6.57. The molecule has 12 rings (SSSR count). The summed E-state index contributed by atoms with van der Waals surface area (Å²) in [5.74, 6) is 0. The summed E-state index contributed by atoms with van der Waals surface area (Å²) in [7, 11) is 0. The molecule has 8 aromatic rings. The number of nitrogens with zero attached hydrogens (tertiary/aromatic N) is 6. The van der Waals surface area contributed by atoms with Gasteiger partial charge in [-0.05, 0) is 124 Å². The van der Waals surface area contributed by atoms with Crippen molar-refractivity contribution in [3.05, 3.63) is 111 Å². The molecular formula is C52H57ClN8O4S4. The van der Waals surface area contributed by atoms with Crippen molar-refractivity contribution in [3.63, 3.8) is 0 Å². The van der Waals surface area contributed by atoms with Crippen LogP contribution in [-0.2, 0) is 18.9 Å². The average molecular weight is 1020 g/mol. The Kier molecular flexibility index (Phi) is 15.9. The molecule has 2 fully saturated rings. The fourth-order valence-electron chi connectivity index (χ4n) is 9.16. The monoisotopic (exact) mass is 1020 g/mol. The van der Waals surface area contributed by atoms with Gasteiger partial charge in [0.05, 0.1) is 55.4 Å². The molecule has 4 atom stereocenters. The van der Waals surface area contributed by atoms with Crippen molar-refractivity contribution in [1.29, 1.82) is 0 Å². The zero-order valence-corrected chi connectivity index (χ0v) is 42.9. The summed E-state index contributed by atoms with van der Waals surface area (Å²) in [5.41, 5.74) is 16.9. The highest BCUT2D eigenvalue weighted by atomic mass is 35.5. The van der Waals surface area contributed by atoms with Crippen molar-refractivity contribution in [3.8, 4) is 0 Å². The Labute approximate surface area is 423 Å². The quantitative estimate of drug-likeness (QED) is 0.113. The van der Waals surface area contributed by atoms with E-state index in [0.29, 0.717) is 18.7 Å². The summed E-state index contributed by atoms with van der Waals surface area (Å²) in [6, 6.07) is 21.2. The van der Waals surface area contributed by atoms with Crippen LogP contribution in [0.1, 0.15) is 62.1 Å². The minimum absolute atomic E-state index is 0.00472. The summed E-state index contributed by atoms with van der Waals surface area (Å²) < 4.78 is 25.6. The first-order valence-corrected chi connectivity index (χ1v) is 27.6. The topological polar surface area (TPSA) is 133 Å². The van der Waals surface area contributed by atoms with Crippen molar-refractivity contribution in [1.82, 2.24) is 29.7 Å². The van der Waals surface area contributed by atoms with E-state index in [4.69, 9.17) is 36.3 Å². The van der Waals surface area contributed by atoms with Gasteiger partial charge in [-0.25, -0.2) is 19.9 Å². The van der Waals surface area contributed by atoms with E-state index in [1.165, 1.54) is 43.1 Å². The molecule has 6 aromatic heterocycles.